The maximum absolute atomic E-state index is 13.0. The number of aromatic nitrogens is 2. The predicted molar refractivity (Wildman–Crippen MR) is 100 cm³/mol. The molecule has 0 aliphatic heterocycles. The van der Waals surface area contributed by atoms with Gasteiger partial charge < -0.3 is 20.3 Å². The van der Waals surface area contributed by atoms with Crippen LogP contribution >= 0.6 is 11.8 Å². The summed E-state index contributed by atoms with van der Waals surface area (Å²) in [5.41, 5.74) is -0.853. The highest BCUT2D eigenvalue weighted by Crippen LogP contribution is 2.34. The highest BCUT2D eigenvalue weighted by Gasteiger charge is 2.33. The quantitative estimate of drug-likeness (QED) is 0.561. The molecule has 3 N–H and O–H groups in total. The Labute approximate surface area is 168 Å². The van der Waals surface area contributed by atoms with Crippen molar-refractivity contribution < 1.29 is 27.9 Å². The van der Waals surface area contributed by atoms with Gasteiger partial charge in [-0.15, -0.1) is 0 Å². The molecule has 11 heteroatoms. The normalized spacial score (nSPS) is 13.9. The van der Waals surface area contributed by atoms with Gasteiger partial charge in [-0.2, -0.15) is 13.2 Å². The zero-order valence-electron chi connectivity index (χ0n) is 15.2. The third-order valence-corrected chi connectivity index (χ3v) is 5.14. The number of anilines is 1. The Kier molecular flexibility index (Phi) is 6.48. The summed E-state index contributed by atoms with van der Waals surface area (Å²) in [5.74, 6) is -1.09. The molecule has 1 aliphatic rings. The van der Waals surface area contributed by atoms with Gasteiger partial charge in [-0.3, -0.25) is 9.59 Å². The van der Waals surface area contributed by atoms with Gasteiger partial charge in [0, 0.05) is 6.04 Å². The molecule has 0 radical (unpaired) electrons. The second kappa shape index (κ2) is 8.87. The number of thioether (sulfide) groups is 1. The van der Waals surface area contributed by atoms with E-state index in [1.807, 2.05) is 0 Å². The molecule has 0 saturated heterocycles. The molecule has 2 aromatic rings. The molecular weight excluding hydrogens is 409 g/mol. The van der Waals surface area contributed by atoms with E-state index in [9.17, 15) is 27.9 Å². The first-order chi connectivity index (χ1) is 13.8. The molecule has 0 bridgehead atoms. The van der Waals surface area contributed by atoms with E-state index in [1.165, 1.54) is 29.0 Å². The summed E-state index contributed by atoms with van der Waals surface area (Å²) in [6.45, 7) is -0.400. The minimum absolute atomic E-state index is 0.0622. The Hall–Kier alpha value is -2.53. The average molecular weight is 428 g/mol. The molecular formula is C18H19F3N4O3S. The third-order valence-electron chi connectivity index (χ3n) is 4.15. The molecule has 7 nitrogen and oxygen atoms in total. The first-order valence-electron chi connectivity index (χ1n) is 8.81. The zero-order valence-corrected chi connectivity index (χ0v) is 16.0. The van der Waals surface area contributed by atoms with Gasteiger partial charge in [0.1, 0.15) is 6.54 Å². The number of nitrogens with zero attached hydrogens (tertiary/aromatic N) is 2. The summed E-state index contributed by atoms with van der Waals surface area (Å²) >= 11 is 0.968. The minimum atomic E-state index is -4.59. The number of carbonyl (C=O) groups is 2. The molecule has 0 atom stereocenters. The summed E-state index contributed by atoms with van der Waals surface area (Å²) in [7, 11) is 0. The monoisotopic (exact) mass is 428 g/mol. The first kappa shape index (κ1) is 21.2. The van der Waals surface area contributed by atoms with Crippen LogP contribution in [0.5, 0.6) is 0 Å². The summed E-state index contributed by atoms with van der Waals surface area (Å²) < 4.78 is 40.6. The number of halogens is 3. The van der Waals surface area contributed by atoms with Crippen molar-refractivity contribution in [2.45, 2.75) is 43.4 Å². The summed E-state index contributed by atoms with van der Waals surface area (Å²) in [6.07, 6.45) is -1.32. The van der Waals surface area contributed by atoms with Gasteiger partial charge in [0.05, 0.1) is 35.5 Å². The number of rotatable bonds is 8. The van der Waals surface area contributed by atoms with Gasteiger partial charge in [-0.25, -0.2) is 4.98 Å². The molecule has 2 amide bonds. The number of hydrogen-bond acceptors (Lipinski definition) is 5. The Morgan fingerprint density at radius 2 is 1.97 bits per heavy atom. The molecule has 156 valence electrons. The van der Waals surface area contributed by atoms with Crippen LogP contribution in [-0.2, 0) is 28.9 Å². The number of imidazole rings is 1. The van der Waals surface area contributed by atoms with Gasteiger partial charge in [-0.05, 0) is 25.0 Å². The van der Waals surface area contributed by atoms with Gasteiger partial charge >= 0.3 is 6.18 Å². The van der Waals surface area contributed by atoms with Crippen LogP contribution in [0.1, 0.15) is 24.1 Å². The lowest BCUT2D eigenvalue weighted by molar-refractivity contribution is -0.137. The van der Waals surface area contributed by atoms with Crippen molar-refractivity contribution in [2.24, 2.45) is 0 Å². The first-order valence-corrected chi connectivity index (χ1v) is 9.80. The van der Waals surface area contributed by atoms with E-state index >= 15 is 0 Å². The lowest BCUT2D eigenvalue weighted by atomic mass is 10.1. The van der Waals surface area contributed by atoms with E-state index in [-0.39, 0.29) is 36.5 Å². The minimum Gasteiger partial charge on any atom is -0.390 e. The summed E-state index contributed by atoms with van der Waals surface area (Å²) in [5, 5.41) is 14.8. The Morgan fingerprint density at radius 3 is 2.62 bits per heavy atom. The van der Waals surface area contributed by atoms with E-state index in [2.05, 4.69) is 15.6 Å². The summed E-state index contributed by atoms with van der Waals surface area (Å²) in [4.78, 5) is 28.3. The molecule has 1 fully saturated rings. The number of nitrogens with one attached hydrogen (secondary N) is 2. The molecule has 3 rings (SSSR count). The number of carbonyl (C=O) groups excluding carboxylic acids is 2. The largest absolute Gasteiger partial charge is 0.418 e. The molecule has 29 heavy (non-hydrogen) atoms. The van der Waals surface area contributed by atoms with Crippen LogP contribution in [0, 0.1) is 0 Å². The molecule has 0 unspecified atom stereocenters. The number of alkyl halides is 3. The van der Waals surface area contributed by atoms with Crippen LogP contribution in [0.3, 0.4) is 0 Å². The van der Waals surface area contributed by atoms with Crippen LogP contribution in [0.25, 0.3) is 0 Å². The second-order valence-electron chi connectivity index (χ2n) is 6.50. The fourth-order valence-electron chi connectivity index (χ4n) is 2.60. The maximum atomic E-state index is 13.0. The van der Waals surface area contributed by atoms with Gasteiger partial charge in [0.15, 0.2) is 5.16 Å². The Morgan fingerprint density at radius 1 is 1.24 bits per heavy atom. The highest BCUT2D eigenvalue weighted by molar-refractivity contribution is 7.99. The van der Waals surface area contributed by atoms with Crippen LogP contribution in [0.15, 0.2) is 35.6 Å². The summed E-state index contributed by atoms with van der Waals surface area (Å²) in [6, 6.07) is 4.89. The van der Waals surface area contributed by atoms with Crippen molar-refractivity contribution in [1.82, 2.24) is 14.9 Å². The van der Waals surface area contributed by atoms with Crippen LogP contribution < -0.4 is 10.6 Å². The van der Waals surface area contributed by atoms with Crippen molar-refractivity contribution in [2.75, 3.05) is 11.1 Å². The number of benzene rings is 1. The maximum Gasteiger partial charge on any atom is 0.418 e. The van der Waals surface area contributed by atoms with Crippen molar-refractivity contribution in [3.05, 3.63) is 41.7 Å². The SMILES string of the molecule is O=C(CSc1ncc(CO)n1CC(=O)NC1CC1)Nc1ccccc1C(F)(F)F. The lowest BCUT2D eigenvalue weighted by Gasteiger charge is -2.14. The molecule has 1 aliphatic carbocycles. The fourth-order valence-corrected chi connectivity index (χ4v) is 3.40. The topological polar surface area (TPSA) is 96.2 Å². The second-order valence-corrected chi connectivity index (χ2v) is 7.44. The Bertz CT molecular complexity index is 897. The number of hydrogen-bond donors (Lipinski definition) is 3. The standard InChI is InChI=1S/C18H19F3N4O3S/c19-18(20,21)13-3-1-2-4-14(13)24-16(28)10-29-17-22-7-12(9-26)25(17)8-15(27)23-11-5-6-11/h1-4,7,11,26H,5-6,8-10H2,(H,23,27)(H,24,28). The molecule has 0 spiro atoms. The van der Waals surface area contributed by atoms with Gasteiger partial charge in [0.25, 0.3) is 0 Å². The Balaban J connectivity index is 1.63. The van der Waals surface area contributed by atoms with Crippen LogP contribution in [0.4, 0.5) is 18.9 Å². The van der Waals surface area contributed by atoms with Crippen LogP contribution in [-0.4, -0.2) is 38.3 Å². The number of para-hydroxylation sites is 1. The zero-order chi connectivity index (χ0) is 21.0. The van der Waals surface area contributed by atoms with Crippen molar-refractivity contribution in [3.8, 4) is 0 Å². The van der Waals surface area contributed by atoms with Crippen molar-refractivity contribution in [3.63, 3.8) is 0 Å². The van der Waals surface area contributed by atoms with Crippen molar-refractivity contribution >= 4 is 29.3 Å². The van der Waals surface area contributed by atoms with Gasteiger partial charge in [-0.1, -0.05) is 23.9 Å². The molecule has 1 saturated carbocycles. The highest BCUT2D eigenvalue weighted by atomic mass is 32.2. The van der Waals surface area contributed by atoms with Crippen LogP contribution in [0.2, 0.25) is 0 Å². The third kappa shape index (κ3) is 5.73. The van der Waals surface area contributed by atoms with E-state index < -0.39 is 17.6 Å². The molecule has 1 aromatic heterocycles. The van der Waals surface area contributed by atoms with E-state index in [0.717, 1.165) is 30.7 Å². The number of aliphatic hydroxyl groups is 1. The lowest BCUT2D eigenvalue weighted by Crippen LogP contribution is -2.30. The smallest absolute Gasteiger partial charge is 0.390 e. The van der Waals surface area contributed by atoms with E-state index in [1.54, 1.807) is 0 Å². The van der Waals surface area contributed by atoms with E-state index in [0.29, 0.717) is 10.9 Å². The number of amides is 2. The van der Waals surface area contributed by atoms with E-state index in [4.69, 9.17) is 0 Å². The van der Waals surface area contributed by atoms with Gasteiger partial charge in [0.2, 0.25) is 11.8 Å². The predicted octanol–water partition coefficient (Wildman–Crippen LogP) is 2.40. The van der Waals surface area contributed by atoms with Crippen molar-refractivity contribution in [1.29, 1.82) is 0 Å². The fraction of sp³-hybridized carbons (Fsp3) is 0.389. The molecule has 1 heterocycles. The number of aliphatic hydroxyl groups excluding tert-OH is 1. The molecule has 1 aromatic carbocycles. The average Bonchev–Trinajstić information content (AvgIpc) is 3.38.